The van der Waals surface area contributed by atoms with Crippen LogP contribution in [-0.2, 0) is 0 Å². The Kier molecular flexibility index (Phi) is 4.95. The zero-order chi connectivity index (χ0) is 14.4. The molecule has 4 nitrogen and oxygen atoms in total. The standard InChI is InChI=1S/C15H22FN3O/c16-12-6-5-7-13(10-12)18-14(20)19-15(11-17)8-3-1-2-4-9-15/h5-7,10H,1-4,8-9,11,17H2,(H2,18,19,20). The van der Waals surface area contributed by atoms with Gasteiger partial charge in [-0.1, -0.05) is 31.7 Å². The molecule has 0 saturated heterocycles. The first-order valence-electron chi connectivity index (χ1n) is 7.18. The molecule has 20 heavy (non-hydrogen) atoms. The van der Waals surface area contributed by atoms with E-state index in [4.69, 9.17) is 5.73 Å². The minimum atomic E-state index is -0.370. The summed E-state index contributed by atoms with van der Waals surface area (Å²) in [6, 6.07) is 5.54. The van der Waals surface area contributed by atoms with E-state index in [1.807, 2.05) is 0 Å². The number of halogens is 1. The second-order valence-corrected chi connectivity index (χ2v) is 5.49. The summed E-state index contributed by atoms with van der Waals surface area (Å²) >= 11 is 0. The number of nitrogens with one attached hydrogen (secondary N) is 2. The van der Waals surface area contributed by atoms with Gasteiger partial charge < -0.3 is 16.4 Å². The number of benzene rings is 1. The smallest absolute Gasteiger partial charge is 0.319 e. The van der Waals surface area contributed by atoms with Crippen molar-refractivity contribution >= 4 is 11.7 Å². The molecule has 0 bridgehead atoms. The predicted molar refractivity (Wildman–Crippen MR) is 78.0 cm³/mol. The molecule has 5 heteroatoms. The molecule has 0 unspecified atom stereocenters. The normalized spacial score (nSPS) is 18.1. The van der Waals surface area contributed by atoms with Crippen molar-refractivity contribution < 1.29 is 9.18 Å². The van der Waals surface area contributed by atoms with Crippen LogP contribution in [0, 0.1) is 5.82 Å². The third-order valence-corrected chi connectivity index (χ3v) is 3.91. The second-order valence-electron chi connectivity index (χ2n) is 5.49. The van der Waals surface area contributed by atoms with Gasteiger partial charge in [-0.25, -0.2) is 9.18 Å². The molecule has 1 fully saturated rings. The van der Waals surface area contributed by atoms with Gasteiger partial charge in [0.05, 0.1) is 5.54 Å². The van der Waals surface area contributed by atoms with Gasteiger partial charge in [-0.05, 0) is 31.0 Å². The molecule has 0 radical (unpaired) electrons. The summed E-state index contributed by atoms with van der Waals surface area (Å²) in [7, 11) is 0. The Bertz CT molecular complexity index is 456. The van der Waals surface area contributed by atoms with Crippen LogP contribution in [0.2, 0.25) is 0 Å². The van der Waals surface area contributed by atoms with Gasteiger partial charge in [0.2, 0.25) is 0 Å². The van der Waals surface area contributed by atoms with Crippen molar-refractivity contribution in [2.45, 2.75) is 44.1 Å². The molecule has 0 aliphatic heterocycles. The maximum absolute atomic E-state index is 13.1. The Labute approximate surface area is 118 Å². The maximum atomic E-state index is 13.1. The highest BCUT2D eigenvalue weighted by molar-refractivity contribution is 5.89. The molecular weight excluding hydrogens is 257 g/mol. The predicted octanol–water partition coefficient (Wildman–Crippen LogP) is 3.00. The lowest BCUT2D eigenvalue weighted by Crippen LogP contribution is -2.54. The average Bonchev–Trinajstić information content (AvgIpc) is 2.65. The number of rotatable bonds is 3. The first-order chi connectivity index (χ1) is 9.63. The van der Waals surface area contributed by atoms with Gasteiger partial charge in [0.15, 0.2) is 0 Å². The number of anilines is 1. The van der Waals surface area contributed by atoms with E-state index < -0.39 is 0 Å². The maximum Gasteiger partial charge on any atom is 0.319 e. The molecule has 2 amide bonds. The Morgan fingerprint density at radius 2 is 1.95 bits per heavy atom. The summed E-state index contributed by atoms with van der Waals surface area (Å²) in [5.74, 6) is -0.370. The van der Waals surface area contributed by atoms with E-state index in [-0.39, 0.29) is 17.4 Å². The topological polar surface area (TPSA) is 67.1 Å². The summed E-state index contributed by atoms with van der Waals surface area (Å²) in [4.78, 5) is 12.1. The van der Waals surface area contributed by atoms with Gasteiger partial charge in [-0.15, -0.1) is 0 Å². The van der Waals surface area contributed by atoms with Gasteiger partial charge in [-0.3, -0.25) is 0 Å². The molecule has 0 atom stereocenters. The molecule has 1 aromatic carbocycles. The van der Waals surface area contributed by atoms with Crippen LogP contribution < -0.4 is 16.4 Å². The molecule has 1 aromatic rings. The SMILES string of the molecule is NCC1(NC(=O)Nc2cccc(F)c2)CCCCCC1. The van der Waals surface area contributed by atoms with E-state index in [0.717, 1.165) is 25.7 Å². The van der Waals surface area contributed by atoms with Crippen LogP contribution >= 0.6 is 0 Å². The Hall–Kier alpha value is -1.62. The fraction of sp³-hybridized carbons (Fsp3) is 0.533. The van der Waals surface area contributed by atoms with Crippen LogP contribution in [-0.4, -0.2) is 18.1 Å². The number of carbonyl (C=O) groups excluding carboxylic acids is 1. The minimum absolute atomic E-state index is 0.317. The van der Waals surface area contributed by atoms with Crippen LogP contribution in [0.25, 0.3) is 0 Å². The van der Waals surface area contributed by atoms with Crippen molar-refractivity contribution in [3.05, 3.63) is 30.1 Å². The molecule has 1 saturated carbocycles. The molecule has 1 aliphatic rings. The molecule has 4 N–H and O–H groups in total. The Balaban J connectivity index is 1.98. The monoisotopic (exact) mass is 279 g/mol. The van der Waals surface area contributed by atoms with Gasteiger partial charge in [0.1, 0.15) is 5.82 Å². The highest BCUT2D eigenvalue weighted by Gasteiger charge is 2.31. The number of hydrogen-bond donors (Lipinski definition) is 3. The summed E-state index contributed by atoms with van der Waals surface area (Å²) in [5.41, 5.74) is 5.99. The zero-order valence-electron chi connectivity index (χ0n) is 11.6. The summed E-state index contributed by atoms with van der Waals surface area (Å²) in [6.07, 6.45) is 6.35. The highest BCUT2D eigenvalue weighted by atomic mass is 19.1. The van der Waals surface area contributed by atoms with Crippen LogP contribution in [0.5, 0.6) is 0 Å². The number of amides is 2. The molecule has 0 aromatic heterocycles. The lowest BCUT2D eigenvalue weighted by molar-refractivity contribution is 0.230. The van der Waals surface area contributed by atoms with Crippen molar-refractivity contribution in [3.8, 4) is 0 Å². The van der Waals surface area contributed by atoms with Gasteiger partial charge >= 0.3 is 6.03 Å². The van der Waals surface area contributed by atoms with Crippen molar-refractivity contribution in [1.82, 2.24) is 5.32 Å². The fourth-order valence-electron chi connectivity index (χ4n) is 2.75. The lowest BCUT2D eigenvalue weighted by Gasteiger charge is -2.32. The molecule has 110 valence electrons. The number of nitrogens with two attached hydrogens (primary N) is 1. The van der Waals surface area contributed by atoms with Crippen LogP contribution in [0.4, 0.5) is 14.9 Å². The highest BCUT2D eigenvalue weighted by Crippen LogP contribution is 2.26. The first-order valence-corrected chi connectivity index (χ1v) is 7.18. The van der Waals surface area contributed by atoms with E-state index in [1.165, 1.54) is 25.0 Å². The van der Waals surface area contributed by atoms with Gasteiger partial charge in [0.25, 0.3) is 0 Å². The Morgan fingerprint density at radius 3 is 2.55 bits per heavy atom. The molecule has 2 rings (SSSR count). The van der Waals surface area contributed by atoms with Crippen LogP contribution in [0.1, 0.15) is 38.5 Å². The summed E-state index contributed by atoms with van der Waals surface area (Å²) < 4.78 is 13.1. The van der Waals surface area contributed by atoms with Crippen LogP contribution in [0.3, 0.4) is 0 Å². The molecule has 1 aliphatic carbocycles. The number of carbonyl (C=O) groups is 1. The van der Waals surface area contributed by atoms with Crippen molar-refractivity contribution in [3.63, 3.8) is 0 Å². The molecule has 0 heterocycles. The van der Waals surface area contributed by atoms with Crippen molar-refractivity contribution in [1.29, 1.82) is 0 Å². The van der Waals surface area contributed by atoms with Crippen molar-refractivity contribution in [2.75, 3.05) is 11.9 Å². The van der Waals surface area contributed by atoms with Gasteiger partial charge in [0, 0.05) is 12.2 Å². The largest absolute Gasteiger partial charge is 0.331 e. The van der Waals surface area contributed by atoms with Gasteiger partial charge in [-0.2, -0.15) is 0 Å². The molecular formula is C15H22FN3O. The number of urea groups is 1. The van der Waals surface area contributed by atoms with E-state index in [1.54, 1.807) is 12.1 Å². The van der Waals surface area contributed by atoms with E-state index in [0.29, 0.717) is 12.2 Å². The quantitative estimate of drug-likeness (QED) is 0.745. The summed E-state index contributed by atoms with van der Waals surface area (Å²) in [6.45, 7) is 0.434. The zero-order valence-corrected chi connectivity index (χ0v) is 11.6. The van der Waals surface area contributed by atoms with Crippen LogP contribution in [0.15, 0.2) is 24.3 Å². The first kappa shape index (κ1) is 14.8. The van der Waals surface area contributed by atoms with E-state index in [2.05, 4.69) is 10.6 Å². The third-order valence-electron chi connectivity index (χ3n) is 3.91. The second kappa shape index (κ2) is 6.70. The third kappa shape index (κ3) is 3.93. The Morgan fingerprint density at radius 1 is 1.25 bits per heavy atom. The lowest BCUT2D eigenvalue weighted by atomic mass is 9.90. The van der Waals surface area contributed by atoms with E-state index in [9.17, 15) is 9.18 Å². The van der Waals surface area contributed by atoms with Crippen molar-refractivity contribution in [2.24, 2.45) is 5.73 Å². The summed E-state index contributed by atoms with van der Waals surface area (Å²) in [5, 5.41) is 5.66. The minimum Gasteiger partial charge on any atom is -0.331 e. The number of hydrogen-bond acceptors (Lipinski definition) is 2. The van der Waals surface area contributed by atoms with E-state index >= 15 is 0 Å². The molecule has 0 spiro atoms. The average molecular weight is 279 g/mol. The fourth-order valence-corrected chi connectivity index (χ4v) is 2.75.